The van der Waals surface area contributed by atoms with Gasteiger partial charge in [0.15, 0.2) is 5.82 Å². The Morgan fingerprint density at radius 1 is 1.23 bits per heavy atom. The average molecular weight is 305 g/mol. The summed E-state index contributed by atoms with van der Waals surface area (Å²) in [4.78, 5) is 10.9. The van der Waals surface area contributed by atoms with Crippen molar-refractivity contribution in [2.24, 2.45) is 0 Å². The topological polar surface area (TPSA) is 111 Å². The molecular formula is C14H19N5O3. The summed E-state index contributed by atoms with van der Waals surface area (Å²) in [5.41, 5.74) is 1.43. The first kappa shape index (κ1) is 15.5. The van der Waals surface area contributed by atoms with Gasteiger partial charge in [0, 0.05) is 26.7 Å². The summed E-state index contributed by atoms with van der Waals surface area (Å²) in [5, 5.41) is 32.5. The molecular weight excluding hydrogens is 286 g/mol. The van der Waals surface area contributed by atoms with Crippen molar-refractivity contribution < 1.29 is 15.0 Å². The Labute approximate surface area is 127 Å². The van der Waals surface area contributed by atoms with Gasteiger partial charge in [-0.15, -0.1) is 0 Å². The molecule has 2 rings (SSSR count). The molecule has 8 nitrogen and oxygen atoms in total. The second-order valence-electron chi connectivity index (χ2n) is 4.63. The first-order valence-electron chi connectivity index (χ1n) is 6.71. The highest BCUT2D eigenvalue weighted by Crippen LogP contribution is 2.31. The van der Waals surface area contributed by atoms with E-state index in [9.17, 15) is 9.90 Å². The molecule has 0 saturated carbocycles. The number of aromatic nitrogens is 2. The van der Waals surface area contributed by atoms with Crippen LogP contribution in [-0.4, -0.2) is 47.1 Å². The van der Waals surface area contributed by atoms with Crippen molar-refractivity contribution >= 4 is 23.3 Å². The number of benzene rings is 1. The van der Waals surface area contributed by atoms with Gasteiger partial charge in [0.2, 0.25) is 0 Å². The van der Waals surface area contributed by atoms with Crippen LogP contribution < -0.4 is 16.0 Å². The summed E-state index contributed by atoms with van der Waals surface area (Å²) in [5.74, 6) is 0.281. The molecule has 0 bridgehead atoms. The number of rotatable bonds is 6. The Kier molecular flexibility index (Phi) is 4.40. The number of nitrogens with one attached hydrogen (secondary N) is 3. The lowest BCUT2D eigenvalue weighted by atomic mass is 10.1. The van der Waals surface area contributed by atoms with Gasteiger partial charge in [0.1, 0.15) is 17.3 Å². The Morgan fingerprint density at radius 3 is 2.45 bits per heavy atom. The zero-order valence-corrected chi connectivity index (χ0v) is 12.6. The number of carboxylic acid groups (broad SMARTS) is 1. The van der Waals surface area contributed by atoms with E-state index in [1.807, 2.05) is 0 Å². The van der Waals surface area contributed by atoms with E-state index in [-0.39, 0.29) is 11.3 Å². The predicted molar refractivity (Wildman–Crippen MR) is 85.0 cm³/mol. The Balaban J connectivity index is 2.39. The van der Waals surface area contributed by atoms with Crippen molar-refractivity contribution in [2.75, 3.05) is 37.1 Å². The first-order valence-corrected chi connectivity index (χ1v) is 6.71. The summed E-state index contributed by atoms with van der Waals surface area (Å²) in [6.45, 7) is 0.304. The van der Waals surface area contributed by atoms with Crippen LogP contribution >= 0.6 is 0 Å². The molecule has 0 fully saturated rings. The molecule has 0 unspecified atom stereocenters. The number of carboxylic acids is 1. The third kappa shape index (κ3) is 2.76. The fourth-order valence-electron chi connectivity index (χ4n) is 2.23. The van der Waals surface area contributed by atoms with Crippen molar-refractivity contribution in [2.45, 2.75) is 6.54 Å². The molecule has 0 aliphatic rings. The molecule has 1 aromatic carbocycles. The second-order valence-corrected chi connectivity index (χ2v) is 4.63. The van der Waals surface area contributed by atoms with E-state index in [4.69, 9.17) is 5.11 Å². The molecule has 0 atom stereocenters. The highest BCUT2D eigenvalue weighted by molar-refractivity contribution is 5.88. The van der Waals surface area contributed by atoms with Gasteiger partial charge in [-0.25, -0.2) is 9.48 Å². The van der Waals surface area contributed by atoms with Crippen LogP contribution in [-0.2, 0) is 6.54 Å². The smallest absolute Gasteiger partial charge is 0.335 e. The molecule has 2 aromatic rings. The number of phenols is 1. The van der Waals surface area contributed by atoms with Gasteiger partial charge in [-0.05, 0) is 12.1 Å². The fourth-order valence-corrected chi connectivity index (χ4v) is 2.23. The number of hydrogen-bond acceptors (Lipinski definition) is 6. The first-order chi connectivity index (χ1) is 10.5. The van der Waals surface area contributed by atoms with Crippen LogP contribution in [0.3, 0.4) is 0 Å². The number of anilines is 3. The third-order valence-electron chi connectivity index (χ3n) is 3.33. The van der Waals surface area contributed by atoms with Gasteiger partial charge in [-0.3, -0.25) is 0 Å². The van der Waals surface area contributed by atoms with Crippen LogP contribution in [0.1, 0.15) is 15.9 Å². The van der Waals surface area contributed by atoms with Gasteiger partial charge in [-0.2, -0.15) is 5.10 Å². The summed E-state index contributed by atoms with van der Waals surface area (Å²) in [6, 6.07) is 4.27. The monoisotopic (exact) mass is 305 g/mol. The van der Waals surface area contributed by atoms with Crippen molar-refractivity contribution in [3.63, 3.8) is 0 Å². The van der Waals surface area contributed by atoms with Crippen LogP contribution in [0.15, 0.2) is 18.2 Å². The van der Waals surface area contributed by atoms with E-state index in [0.717, 1.165) is 11.5 Å². The molecule has 8 heteroatoms. The van der Waals surface area contributed by atoms with Crippen molar-refractivity contribution in [1.29, 1.82) is 0 Å². The van der Waals surface area contributed by atoms with E-state index in [0.29, 0.717) is 17.9 Å². The molecule has 0 spiro atoms. The maximum Gasteiger partial charge on any atom is 0.335 e. The van der Waals surface area contributed by atoms with Crippen LogP contribution in [0.5, 0.6) is 5.75 Å². The van der Waals surface area contributed by atoms with E-state index >= 15 is 0 Å². The Morgan fingerprint density at radius 2 is 1.95 bits per heavy atom. The molecule has 0 aliphatic heterocycles. The molecule has 118 valence electrons. The number of phenolic OH excluding ortho intramolecular Hbond substituents is 1. The van der Waals surface area contributed by atoms with Gasteiger partial charge >= 0.3 is 5.97 Å². The highest BCUT2D eigenvalue weighted by atomic mass is 16.4. The quantitative estimate of drug-likeness (QED) is 0.549. The number of hydrogen-bond donors (Lipinski definition) is 5. The largest absolute Gasteiger partial charge is 0.508 e. The van der Waals surface area contributed by atoms with Crippen LogP contribution in [0, 0.1) is 0 Å². The Hall–Kier alpha value is -2.90. The van der Waals surface area contributed by atoms with E-state index in [2.05, 4.69) is 21.0 Å². The van der Waals surface area contributed by atoms with Crippen LogP contribution in [0.2, 0.25) is 0 Å². The van der Waals surface area contributed by atoms with Crippen LogP contribution in [0.4, 0.5) is 17.3 Å². The minimum atomic E-state index is -1.08. The van der Waals surface area contributed by atoms with Gasteiger partial charge in [0.05, 0.1) is 12.1 Å². The normalized spacial score (nSPS) is 10.3. The van der Waals surface area contributed by atoms with Crippen LogP contribution in [0.25, 0.3) is 0 Å². The lowest BCUT2D eigenvalue weighted by Gasteiger charge is -2.10. The van der Waals surface area contributed by atoms with Gasteiger partial charge in [0.25, 0.3) is 0 Å². The summed E-state index contributed by atoms with van der Waals surface area (Å²) >= 11 is 0. The predicted octanol–water partition coefficient (Wildman–Crippen LogP) is 1.46. The molecule has 0 aliphatic carbocycles. The maximum absolute atomic E-state index is 10.9. The third-order valence-corrected chi connectivity index (χ3v) is 3.33. The minimum Gasteiger partial charge on any atom is -0.508 e. The highest BCUT2D eigenvalue weighted by Gasteiger charge is 2.16. The van der Waals surface area contributed by atoms with E-state index in [1.54, 1.807) is 31.9 Å². The molecule has 5 N–H and O–H groups in total. The number of carbonyl (C=O) groups is 1. The number of aromatic carboxylic acids is 1. The number of aromatic hydroxyl groups is 1. The summed E-state index contributed by atoms with van der Waals surface area (Å²) in [7, 11) is 5.34. The van der Waals surface area contributed by atoms with Crippen molar-refractivity contribution in [3.8, 4) is 5.75 Å². The minimum absolute atomic E-state index is 0.0439. The van der Waals surface area contributed by atoms with Crippen molar-refractivity contribution in [3.05, 3.63) is 29.3 Å². The standard InChI is InChI=1S/C14H19N5O3/c1-15-11-12(16-2)18-19(13(11)17-3)7-9-5-4-8(14(21)22)6-10(9)20/h4-6,15,17,20H,7H2,1-3H3,(H,16,18)(H,21,22). The molecule has 0 amide bonds. The second kappa shape index (κ2) is 6.25. The molecule has 22 heavy (non-hydrogen) atoms. The maximum atomic E-state index is 10.9. The van der Waals surface area contributed by atoms with Gasteiger partial charge < -0.3 is 26.2 Å². The number of nitrogens with zero attached hydrogens (tertiary/aromatic N) is 2. The molecule has 1 aromatic heterocycles. The van der Waals surface area contributed by atoms with Crippen molar-refractivity contribution in [1.82, 2.24) is 9.78 Å². The SMILES string of the molecule is CNc1nn(Cc2ccc(C(=O)O)cc2O)c(NC)c1NC. The summed E-state index contributed by atoms with van der Waals surface area (Å²) < 4.78 is 1.69. The van der Waals surface area contributed by atoms with Gasteiger partial charge in [-0.1, -0.05) is 6.07 Å². The zero-order chi connectivity index (χ0) is 16.3. The lowest BCUT2D eigenvalue weighted by molar-refractivity contribution is 0.0696. The zero-order valence-electron chi connectivity index (χ0n) is 12.6. The molecule has 1 heterocycles. The molecule has 0 saturated heterocycles. The Bertz CT molecular complexity index is 696. The fraction of sp³-hybridized carbons (Fsp3) is 0.286. The van der Waals surface area contributed by atoms with E-state index < -0.39 is 5.97 Å². The molecule has 0 radical (unpaired) electrons. The summed E-state index contributed by atoms with van der Waals surface area (Å²) in [6.07, 6.45) is 0. The average Bonchev–Trinajstić information content (AvgIpc) is 2.85. The lowest BCUT2D eigenvalue weighted by Crippen LogP contribution is -2.08. The van der Waals surface area contributed by atoms with E-state index in [1.165, 1.54) is 12.1 Å².